The Bertz CT molecular complexity index is 828. The molecule has 0 spiro atoms. The number of aryl methyl sites for hydroxylation is 2. The number of aromatic nitrogens is 2. The van der Waals surface area contributed by atoms with Crippen LogP contribution in [0.3, 0.4) is 0 Å². The lowest BCUT2D eigenvalue weighted by Crippen LogP contribution is -2.37. The van der Waals surface area contributed by atoms with Crippen molar-refractivity contribution in [3.05, 3.63) is 47.3 Å². The zero-order valence-electron chi connectivity index (χ0n) is 18.6. The van der Waals surface area contributed by atoms with E-state index in [1.54, 1.807) is 0 Å². The van der Waals surface area contributed by atoms with E-state index in [-0.39, 0.29) is 0 Å². The van der Waals surface area contributed by atoms with Crippen LogP contribution in [0.15, 0.2) is 30.6 Å². The van der Waals surface area contributed by atoms with Gasteiger partial charge in [0.1, 0.15) is 12.4 Å². The largest absolute Gasteiger partial charge is 0.491 e. The molecule has 2 aliphatic rings. The normalized spacial score (nSPS) is 24.0. The first-order valence-corrected chi connectivity index (χ1v) is 11.7. The second-order valence-corrected chi connectivity index (χ2v) is 9.51. The van der Waals surface area contributed by atoms with Crippen molar-refractivity contribution < 1.29 is 9.84 Å². The fraction of sp³-hybridized carbons (Fsp3) is 0.640. The molecular formula is C25H37N3O2. The van der Waals surface area contributed by atoms with E-state index in [4.69, 9.17) is 4.74 Å². The molecule has 2 aromatic rings. The predicted molar refractivity (Wildman–Crippen MR) is 120 cm³/mol. The molecule has 2 heterocycles. The van der Waals surface area contributed by atoms with Crippen LogP contribution in [0.2, 0.25) is 0 Å². The molecule has 0 bridgehead atoms. The van der Waals surface area contributed by atoms with Gasteiger partial charge in [-0.3, -0.25) is 9.58 Å². The molecule has 0 radical (unpaired) electrons. The van der Waals surface area contributed by atoms with Crippen molar-refractivity contribution >= 4 is 0 Å². The molecule has 164 valence electrons. The molecule has 4 rings (SSSR count). The molecular weight excluding hydrogens is 374 g/mol. The van der Waals surface area contributed by atoms with Crippen molar-refractivity contribution in [2.45, 2.75) is 83.4 Å². The van der Waals surface area contributed by atoms with E-state index >= 15 is 0 Å². The zero-order valence-corrected chi connectivity index (χ0v) is 18.6. The number of hydrogen-bond donors (Lipinski definition) is 1. The minimum atomic E-state index is -0.750. The summed E-state index contributed by atoms with van der Waals surface area (Å²) in [7, 11) is 0. The second-order valence-electron chi connectivity index (χ2n) is 9.51. The number of aliphatic hydroxyl groups is 1. The summed E-state index contributed by atoms with van der Waals surface area (Å²) in [5, 5.41) is 15.8. The number of likely N-dealkylation sites (tertiary alicyclic amines) is 1. The topological polar surface area (TPSA) is 50.5 Å². The molecule has 1 atom stereocenters. The van der Waals surface area contributed by atoms with E-state index < -0.39 is 5.60 Å². The first-order chi connectivity index (χ1) is 14.5. The Morgan fingerprint density at radius 3 is 2.70 bits per heavy atom. The minimum Gasteiger partial charge on any atom is -0.491 e. The summed E-state index contributed by atoms with van der Waals surface area (Å²) < 4.78 is 8.18. The van der Waals surface area contributed by atoms with Gasteiger partial charge in [0.25, 0.3) is 0 Å². The molecule has 1 aromatic carbocycles. The molecule has 30 heavy (non-hydrogen) atoms. The highest BCUT2D eigenvalue weighted by Gasteiger charge is 2.31. The fourth-order valence-electron chi connectivity index (χ4n) is 4.82. The van der Waals surface area contributed by atoms with Crippen LogP contribution in [0.5, 0.6) is 5.75 Å². The molecule has 1 unspecified atom stereocenters. The van der Waals surface area contributed by atoms with Gasteiger partial charge in [-0.1, -0.05) is 25.3 Å². The highest BCUT2D eigenvalue weighted by atomic mass is 16.5. The van der Waals surface area contributed by atoms with Crippen LogP contribution in [0, 0.1) is 13.8 Å². The molecule has 0 amide bonds. The van der Waals surface area contributed by atoms with Crippen LogP contribution in [0.1, 0.15) is 74.1 Å². The third kappa shape index (κ3) is 5.44. The van der Waals surface area contributed by atoms with Gasteiger partial charge < -0.3 is 9.84 Å². The van der Waals surface area contributed by atoms with Gasteiger partial charge in [0.15, 0.2) is 0 Å². The molecule has 5 nitrogen and oxygen atoms in total. The third-order valence-corrected chi connectivity index (χ3v) is 7.01. The van der Waals surface area contributed by atoms with Crippen LogP contribution in [-0.2, 0) is 6.54 Å². The lowest BCUT2D eigenvalue weighted by molar-refractivity contribution is -0.0168. The highest BCUT2D eigenvalue weighted by Crippen LogP contribution is 2.28. The lowest BCUT2D eigenvalue weighted by Gasteiger charge is -2.27. The average Bonchev–Trinajstić information content (AvgIpc) is 3.14. The van der Waals surface area contributed by atoms with Gasteiger partial charge in [0.2, 0.25) is 0 Å². The maximum Gasteiger partial charge on any atom is 0.119 e. The SMILES string of the molecule is Cc1ccc(OCC2(O)CCCN(Cc3cnn(C4CCCCC4)c3)CC2)cc1C. The molecule has 1 saturated heterocycles. The fourth-order valence-corrected chi connectivity index (χ4v) is 4.82. The first kappa shape index (κ1) is 21.4. The van der Waals surface area contributed by atoms with Crippen LogP contribution in [-0.4, -0.2) is 45.1 Å². The van der Waals surface area contributed by atoms with Crippen LogP contribution < -0.4 is 4.74 Å². The summed E-state index contributed by atoms with van der Waals surface area (Å²) in [4.78, 5) is 2.45. The molecule has 1 aromatic heterocycles. The van der Waals surface area contributed by atoms with Crippen molar-refractivity contribution in [3.8, 4) is 5.75 Å². The molecule has 1 N–H and O–H groups in total. The van der Waals surface area contributed by atoms with Crippen molar-refractivity contribution in [2.24, 2.45) is 0 Å². The zero-order chi connectivity index (χ0) is 21.0. The minimum absolute atomic E-state index is 0.364. The van der Waals surface area contributed by atoms with E-state index in [9.17, 15) is 5.11 Å². The van der Waals surface area contributed by atoms with Gasteiger partial charge in [-0.2, -0.15) is 5.10 Å². The Morgan fingerprint density at radius 1 is 1.07 bits per heavy atom. The maximum atomic E-state index is 11.1. The Morgan fingerprint density at radius 2 is 1.90 bits per heavy atom. The van der Waals surface area contributed by atoms with E-state index in [0.717, 1.165) is 44.6 Å². The van der Waals surface area contributed by atoms with Crippen molar-refractivity contribution in [3.63, 3.8) is 0 Å². The monoisotopic (exact) mass is 411 g/mol. The number of ether oxygens (including phenoxy) is 1. The standard InChI is InChI=1S/C25H37N3O2/c1-20-9-10-24(15-21(20)2)30-19-25(29)11-6-13-27(14-12-25)17-22-16-26-28(18-22)23-7-4-3-5-8-23/h9-10,15-16,18,23,29H,3-8,11-14,17,19H2,1-2H3. The van der Waals surface area contributed by atoms with Crippen LogP contribution in [0.4, 0.5) is 0 Å². The summed E-state index contributed by atoms with van der Waals surface area (Å²) in [6, 6.07) is 6.73. The summed E-state index contributed by atoms with van der Waals surface area (Å²) >= 11 is 0. The number of rotatable bonds is 6. The van der Waals surface area contributed by atoms with Gasteiger partial charge in [0, 0.05) is 24.8 Å². The van der Waals surface area contributed by atoms with Gasteiger partial charge in [-0.15, -0.1) is 0 Å². The Hall–Kier alpha value is -1.85. The van der Waals surface area contributed by atoms with Crippen molar-refractivity contribution in [1.82, 2.24) is 14.7 Å². The molecule has 1 aliphatic heterocycles. The maximum absolute atomic E-state index is 11.1. The number of hydrogen-bond acceptors (Lipinski definition) is 4. The lowest BCUT2D eigenvalue weighted by atomic mass is 9.96. The number of benzene rings is 1. The van der Waals surface area contributed by atoms with Crippen molar-refractivity contribution in [2.75, 3.05) is 19.7 Å². The van der Waals surface area contributed by atoms with E-state index in [1.807, 2.05) is 12.3 Å². The van der Waals surface area contributed by atoms with Crippen molar-refractivity contribution in [1.29, 1.82) is 0 Å². The van der Waals surface area contributed by atoms with Gasteiger partial charge in [-0.05, 0) is 75.8 Å². The smallest absolute Gasteiger partial charge is 0.119 e. The van der Waals surface area contributed by atoms with E-state index in [2.05, 4.69) is 46.9 Å². The van der Waals surface area contributed by atoms with Crippen LogP contribution >= 0.6 is 0 Å². The molecule has 1 aliphatic carbocycles. The van der Waals surface area contributed by atoms with Gasteiger partial charge in [0.05, 0.1) is 17.8 Å². The molecule has 1 saturated carbocycles. The first-order valence-electron chi connectivity index (χ1n) is 11.7. The third-order valence-electron chi connectivity index (χ3n) is 7.01. The summed E-state index contributed by atoms with van der Waals surface area (Å²) in [5.41, 5.74) is 3.02. The molecule has 2 fully saturated rings. The predicted octanol–water partition coefficient (Wildman–Crippen LogP) is 4.80. The number of nitrogens with zero attached hydrogens (tertiary/aromatic N) is 3. The Balaban J connectivity index is 1.29. The Labute approximate surface area is 181 Å². The second kappa shape index (κ2) is 9.52. The summed E-state index contributed by atoms with van der Waals surface area (Å²) in [6.45, 7) is 7.38. The Kier molecular flexibility index (Phi) is 6.79. The van der Waals surface area contributed by atoms with Gasteiger partial charge in [-0.25, -0.2) is 0 Å². The van der Waals surface area contributed by atoms with Gasteiger partial charge >= 0.3 is 0 Å². The molecule has 5 heteroatoms. The summed E-state index contributed by atoms with van der Waals surface area (Å²) in [6.07, 6.45) is 13.4. The van der Waals surface area contributed by atoms with E-state index in [0.29, 0.717) is 12.6 Å². The summed E-state index contributed by atoms with van der Waals surface area (Å²) in [5.74, 6) is 0.850. The van der Waals surface area contributed by atoms with Crippen LogP contribution in [0.25, 0.3) is 0 Å². The van der Waals surface area contributed by atoms with E-state index in [1.165, 1.54) is 48.8 Å². The average molecular weight is 412 g/mol. The highest BCUT2D eigenvalue weighted by molar-refractivity contribution is 5.33. The quantitative estimate of drug-likeness (QED) is 0.742.